The molecule has 2 heterocycles. The van der Waals surface area contributed by atoms with Crippen molar-refractivity contribution in [1.29, 1.82) is 0 Å². The molecule has 1 fully saturated rings. The van der Waals surface area contributed by atoms with E-state index in [1.165, 1.54) is 61.8 Å². The van der Waals surface area contributed by atoms with Crippen LogP contribution in [0.5, 0.6) is 0 Å². The summed E-state index contributed by atoms with van der Waals surface area (Å²) < 4.78 is 31.7. The van der Waals surface area contributed by atoms with Crippen LogP contribution in [0, 0.1) is 0 Å². The number of hydrogen-bond acceptors (Lipinski definition) is 6. The van der Waals surface area contributed by atoms with Crippen LogP contribution in [0.1, 0.15) is 55.4 Å². The van der Waals surface area contributed by atoms with Gasteiger partial charge in [0, 0.05) is 10.1 Å². The molecule has 2 aromatic rings. The van der Waals surface area contributed by atoms with Crippen LogP contribution in [0.3, 0.4) is 0 Å². The molecule has 28 heavy (non-hydrogen) atoms. The van der Waals surface area contributed by atoms with Gasteiger partial charge in [0.1, 0.15) is 10.6 Å². The van der Waals surface area contributed by atoms with Crippen molar-refractivity contribution in [1.82, 2.24) is 9.97 Å². The molecule has 4 rings (SSSR count). The highest BCUT2D eigenvalue weighted by Gasteiger charge is 2.38. The Morgan fingerprint density at radius 1 is 1.11 bits per heavy atom. The minimum atomic E-state index is -5.08. The number of anilines is 1. The highest BCUT2D eigenvalue weighted by Crippen LogP contribution is 2.39. The lowest BCUT2D eigenvalue weighted by molar-refractivity contribution is -0.192. The van der Waals surface area contributed by atoms with Crippen LogP contribution >= 0.6 is 23.1 Å². The first-order chi connectivity index (χ1) is 13.3. The van der Waals surface area contributed by atoms with Crippen LogP contribution in [0.4, 0.5) is 19.0 Å². The van der Waals surface area contributed by atoms with E-state index in [1.54, 1.807) is 0 Å². The number of thioether (sulfide) groups is 1. The monoisotopic (exact) mass is 433 g/mol. The lowest BCUT2D eigenvalue weighted by Gasteiger charge is -2.08. The second-order valence-electron chi connectivity index (χ2n) is 6.96. The smallest absolute Gasteiger partial charge is 0.475 e. The molecule has 0 bridgehead atoms. The van der Waals surface area contributed by atoms with Crippen LogP contribution in [-0.2, 0) is 17.6 Å². The zero-order valence-electron chi connectivity index (χ0n) is 15.2. The summed E-state index contributed by atoms with van der Waals surface area (Å²) in [5.41, 5.74) is 7.74. The molecule has 1 saturated carbocycles. The Morgan fingerprint density at radius 3 is 2.39 bits per heavy atom. The average molecular weight is 434 g/mol. The van der Waals surface area contributed by atoms with Gasteiger partial charge in [0.25, 0.3) is 0 Å². The van der Waals surface area contributed by atoms with E-state index < -0.39 is 12.1 Å². The molecule has 2 aromatic heterocycles. The van der Waals surface area contributed by atoms with Crippen LogP contribution in [0.2, 0.25) is 0 Å². The van der Waals surface area contributed by atoms with Crippen molar-refractivity contribution in [3.05, 3.63) is 10.4 Å². The molecule has 2 aliphatic rings. The van der Waals surface area contributed by atoms with Crippen LogP contribution in [0.25, 0.3) is 10.2 Å². The fourth-order valence-corrected chi connectivity index (χ4v) is 6.04. The number of aromatic nitrogens is 2. The van der Waals surface area contributed by atoms with Crippen molar-refractivity contribution >= 4 is 45.1 Å². The van der Waals surface area contributed by atoms with Gasteiger partial charge >= 0.3 is 12.1 Å². The summed E-state index contributed by atoms with van der Waals surface area (Å²) in [7, 11) is 0. The number of nitrogens with zero attached hydrogens (tertiary/aromatic N) is 2. The normalized spacial score (nSPS) is 17.7. The third-order valence-corrected chi connectivity index (χ3v) is 7.27. The molecule has 0 saturated heterocycles. The number of thiophene rings is 1. The number of carboxylic acid groups (broad SMARTS) is 1. The first kappa shape index (κ1) is 21.2. The number of carboxylic acids is 1. The van der Waals surface area contributed by atoms with E-state index in [1.807, 2.05) is 23.1 Å². The molecule has 5 nitrogen and oxygen atoms in total. The molecule has 0 amide bonds. The number of nitrogens with two attached hydrogens (primary N) is 1. The van der Waals surface area contributed by atoms with Gasteiger partial charge in [-0.3, -0.25) is 0 Å². The Hall–Kier alpha value is -1.55. The summed E-state index contributed by atoms with van der Waals surface area (Å²) in [4.78, 5) is 21.0. The minimum absolute atomic E-state index is 0.694. The van der Waals surface area contributed by atoms with E-state index in [0.717, 1.165) is 21.8 Å². The van der Waals surface area contributed by atoms with E-state index in [9.17, 15) is 13.2 Å². The number of aryl methyl sites for hydroxylation is 2. The van der Waals surface area contributed by atoms with Crippen LogP contribution < -0.4 is 5.73 Å². The molecule has 10 heteroatoms. The quantitative estimate of drug-likeness (QED) is 0.499. The van der Waals surface area contributed by atoms with E-state index >= 15 is 0 Å². The molecule has 0 radical (unpaired) electrons. The van der Waals surface area contributed by atoms with Gasteiger partial charge < -0.3 is 10.8 Å². The molecule has 0 unspecified atom stereocenters. The maximum Gasteiger partial charge on any atom is 0.490 e. The van der Waals surface area contributed by atoms with Crippen LogP contribution in [-0.4, -0.2) is 32.5 Å². The third kappa shape index (κ3) is 5.08. The first-order valence-electron chi connectivity index (χ1n) is 9.30. The van der Waals surface area contributed by atoms with Crippen molar-refractivity contribution < 1.29 is 23.1 Å². The van der Waals surface area contributed by atoms with Gasteiger partial charge in [-0.1, -0.05) is 31.0 Å². The molecule has 3 N–H and O–H groups in total. The summed E-state index contributed by atoms with van der Waals surface area (Å²) in [5, 5.41) is 9.87. The summed E-state index contributed by atoms with van der Waals surface area (Å²) in [5.74, 6) is -2.05. The first-order valence-corrected chi connectivity index (χ1v) is 11.0. The second kappa shape index (κ2) is 8.86. The number of alkyl halides is 3. The fourth-order valence-electron chi connectivity index (χ4n) is 3.55. The van der Waals surface area contributed by atoms with Gasteiger partial charge in [-0.15, -0.1) is 11.3 Å². The van der Waals surface area contributed by atoms with Crippen molar-refractivity contribution in [2.24, 2.45) is 0 Å². The average Bonchev–Trinajstić information content (AvgIpc) is 3.17. The van der Waals surface area contributed by atoms with Gasteiger partial charge in [0.2, 0.25) is 0 Å². The van der Waals surface area contributed by atoms with Crippen molar-refractivity contribution in [3.8, 4) is 0 Å². The van der Waals surface area contributed by atoms with E-state index in [-0.39, 0.29) is 0 Å². The van der Waals surface area contributed by atoms with Gasteiger partial charge in [0.05, 0.1) is 5.39 Å². The molecule has 0 aromatic carbocycles. The number of aliphatic carboxylic acids is 1. The van der Waals surface area contributed by atoms with Crippen molar-refractivity contribution in [2.45, 2.75) is 74.4 Å². The van der Waals surface area contributed by atoms with Crippen LogP contribution in [0.15, 0.2) is 5.16 Å². The molecular weight excluding hydrogens is 411 g/mol. The predicted octanol–water partition coefficient (Wildman–Crippen LogP) is 5.21. The molecule has 0 atom stereocenters. The largest absolute Gasteiger partial charge is 0.490 e. The molecule has 2 aliphatic carbocycles. The Kier molecular flexibility index (Phi) is 6.69. The topological polar surface area (TPSA) is 89.1 Å². The molecule has 0 spiro atoms. The third-order valence-electron chi connectivity index (χ3n) is 4.89. The van der Waals surface area contributed by atoms with E-state index in [2.05, 4.69) is 4.98 Å². The number of halogens is 3. The van der Waals surface area contributed by atoms with E-state index in [0.29, 0.717) is 11.1 Å². The lowest BCUT2D eigenvalue weighted by Crippen LogP contribution is -2.21. The highest BCUT2D eigenvalue weighted by atomic mass is 32.2. The van der Waals surface area contributed by atoms with Gasteiger partial charge in [-0.2, -0.15) is 13.2 Å². The Morgan fingerprint density at radius 2 is 1.75 bits per heavy atom. The summed E-state index contributed by atoms with van der Waals surface area (Å²) in [6.07, 6.45) is 6.47. The molecule has 154 valence electrons. The maximum atomic E-state index is 10.6. The van der Waals surface area contributed by atoms with Gasteiger partial charge in [0.15, 0.2) is 5.16 Å². The highest BCUT2D eigenvalue weighted by molar-refractivity contribution is 7.99. The van der Waals surface area contributed by atoms with Crippen molar-refractivity contribution in [3.63, 3.8) is 0 Å². The van der Waals surface area contributed by atoms with Gasteiger partial charge in [-0.05, 0) is 44.1 Å². The Balaban J connectivity index is 0.000000279. The molecule has 0 aliphatic heterocycles. The number of fused-ring (bicyclic) bond motifs is 3. The number of hydrogen-bond donors (Lipinski definition) is 2. The lowest BCUT2D eigenvalue weighted by atomic mass is 10.1. The standard InChI is InChI=1S/C16H21N3S2.C2HF3O2/c17-14-13-11-8-2-1-3-9-12(11)21-15(13)19-16(18-14)20-10-6-4-5-7-10;3-2(4,5)1(6)7/h10H,1-9H2,(H2,17,18,19);(H,6,7). The fraction of sp³-hybridized carbons (Fsp3) is 0.611. The molecular formula is C18H22F3N3O2S2. The SMILES string of the molecule is Nc1nc(SC2CCCC2)nc2sc3c(c12)CCCCC3.O=C(O)C(F)(F)F. The van der Waals surface area contributed by atoms with Crippen molar-refractivity contribution in [2.75, 3.05) is 5.73 Å². The zero-order valence-corrected chi connectivity index (χ0v) is 16.9. The predicted molar refractivity (Wildman–Crippen MR) is 105 cm³/mol. The van der Waals surface area contributed by atoms with E-state index in [4.69, 9.17) is 20.6 Å². The van der Waals surface area contributed by atoms with Gasteiger partial charge in [-0.25, -0.2) is 14.8 Å². The number of carbonyl (C=O) groups is 1. The summed E-state index contributed by atoms with van der Waals surface area (Å²) in [6, 6.07) is 0. The number of nitrogen functional groups attached to an aromatic ring is 1. The number of rotatable bonds is 2. The Bertz CT molecular complexity index is 849. The summed E-state index contributed by atoms with van der Waals surface area (Å²) >= 11 is 3.69. The summed E-state index contributed by atoms with van der Waals surface area (Å²) in [6.45, 7) is 0. The second-order valence-corrected chi connectivity index (χ2v) is 9.31. The Labute approximate surface area is 168 Å². The zero-order chi connectivity index (χ0) is 20.3. The maximum absolute atomic E-state index is 10.6. The minimum Gasteiger partial charge on any atom is -0.475 e.